The van der Waals surface area contributed by atoms with Gasteiger partial charge in [0.2, 0.25) is 0 Å². The minimum atomic E-state index is -4.77. The molecule has 1 N–H and O–H groups in total. The molecule has 0 radical (unpaired) electrons. The van der Waals surface area contributed by atoms with Crippen LogP contribution >= 0.6 is 0 Å². The maximum Gasteiger partial charge on any atom is 0.417 e. The standard InChI is InChI=1S/C20H21F3N2O3/c1-13-16(7-5-3-2-4-6-10-26)19(28)25(18(13)27)15-9-8-14(12-24)17(11-15)20(21,22)23/h8-9,11,26H,2-7,10H2,1H3. The molecule has 1 aromatic carbocycles. The van der Waals surface area contributed by atoms with Crippen LogP contribution in [-0.2, 0) is 15.8 Å². The summed E-state index contributed by atoms with van der Waals surface area (Å²) in [5.74, 6) is -1.26. The first-order chi connectivity index (χ1) is 13.2. The molecule has 150 valence electrons. The van der Waals surface area contributed by atoms with Crippen LogP contribution in [0.15, 0.2) is 29.3 Å². The summed E-state index contributed by atoms with van der Waals surface area (Å²) < 4.78 is 39.5. The molecule has 2 amide bonds. The predicted octanol–water partition coefficient (Wildman–Crippen LogP) is 4.10. The highest BCUT2D eigenvalue weighted by Crippen LogP contribution is 2.36. The van der Waals surface area contributed by atoms with Crippen molar-refractivity contribution in [2.75, 3.05) is 11.5 Å². The minimum absolute atomic E-state index is 0.136. The van der Waals surface area contributed by atoms with Crippen molar-refractivity contribution in [3.05, 3.63) is 40.5 Å². The highest BCUT2D eigenvalue weighted by Gasteiger charge is 2.39. The average Bonchev–Trinajstić information content (AvgIpc) is 2.86. The van der Waals surface area contributed by atoms with Gasteiger partial charge in [-0.25, -0.2) is 4.90 Å². The van der Waals surface area contributed by atoms with Gasteiger partial charge in [0.15, 0.2) is 0 Å². The number of nitriles is 1. The molecule has 1 aliphatic rings. The Kier molecular flexibility index (Phi) is 6.97. The molecule has 0 saturated carbocycles. The SMILES string of the molecule is CC1=C(CCCCCCCO)C(=O)N(c2ccc(C#N)c(C(F)(F)F)c2)C1=O. The van der Waals surface area contributed by atoms with E-state index in [-0.39, 0.29) is 17.9 Å². The number of amides is 2. The van der Waals surface area contributed by atoms with E-state index in [0.29, 0.717) is 30.9 Å². The number of aliphatic hydroxyl groups is 1. The predicted molar refractivity (Wildman–Crippen MR) is 96.1 cm³/mol. The summed E-state index contributed by atoms with van der Waals surface area (Å²) >= 11 is 0. The molecule has 1 aliphatic heterocycles. The number of imide groups is 1. The van der Waals surface area contributed by atoms with Gasteiger partial charge in [0.05, 0.1) is 22.9 Å². The Morgan fingerprint density at radius 3 is 2.32 bits per heavy atom. The highest BCUT2D eigenvalue weighted by molar-refractivity contribution is 6.32. The van der Waals surface area contributed by atoms with E-state index in [1.807, 2.05) is 0 Å². The summed E-state index contributed by atoms with van der Waals surface area (Å²) in [4.78, 5) is 25.9. The topological polar surface area (TPSA) is 81.4 Å². The van der Waals surface area contributed by atoms with Gasteiger partial charge >= 0.3 is 6.18 Å². The van der Waals surface area contributed by atoms with E-state index >= 15 is 0 Å². The number of unbranched alkanes of at least 4 members (excludes halogenated alkanes) is 4. The van der Waals surface area contributed by atoms with Crippen molar-refractivity contribution in [2.45, 2.75) is 51.6 Å². The van der Waals surface area contributed by atoms with Crippen molar-refractivity contribution in [1.29, 1.82) is 5.26 Å². The molecule has 0 aliphatic carbocycles. The van der Waals surface area contributed by atoms with Crippen molar-refractivity contribution >= 4 is 17.5 Å². The summed E-state index contributed by atoms with van der Waals surface area (Å²) in [7, 11) is 0. The second-order valence-electron chi connectivity index (χ2n) is 6.63. The van der Waals surface area contributed by atoms with Crippen LogP contribution in [0.3, 0.4) is 0 Å². The molecule has 1 aromatic rings. The Morgan fingerprint density at radius 2 is 1.71 bits per heavy atom. The van der Waals surface area contributed by atoms with Crippen LogP contribution in [0.2, 0.25) is 0 Å². The van der Waals surface area contributed by atoms with Gasteiger partial charge in [-0.3, -0.25) is 9.59 Å². The Hall–Kier alpha value is -2.66. The first-order valence-electron chi connectivity index (χ1n) is 9.03. The first kappa shape index (κ1) is 21.6. The lowest BCUT2D eigenvalue weighted by Crippen LogP contribution is -2.31. The Morgan fingerprint density at radius 1 is 1.07 bits per heavy atom. The van der Waals surface area contributed by atoms with Crippen LogP contribution in [0.4, 0.5) is 18.9 Å². The van der Waals surface area contributed by atoms with Crippen LogP contribution in [0, 0.1) is 11.3 Å². The number of benzene rings is 1. The third-order valence-corrected chi connectivity index (χ3v) is 4.71. The average molecular weight is 394 g/mol. The monoisotopic (exact) mass is 394 g/mol. The summed E-state index contributed by atoms with van der Waals surface area (Å²) in [6.07, 6.45) is -0.421. The van der Waals surface area contributed by atoms with Gasteiger partial charge in [0.25, 0.3) is 11.8 Å². The number of nitrogens with zero attached hydrogens (tertiary/aromatic N) is 2. The van der Waals surface area contributed by atoms with E-state index in [9.17, 15) is 22.8 Å². The Labute approximate surface area is 161 Å². The van der Waals surface area contributed by atoms with Gasteiger partial charge in [-0.1, -0.05) is 19.3 Å². The largest absolute Gasteiger partial charge is 0.417 e. The zero-order chi connectivity index (χ0) is 20.9. The fourth-order valence-electron chi connectivity index (χ4n) is 3.16. The fourth-order valence-corrected chi connectivity index (χ4v) is 3.16. The third-order valence-electron chi connectivity index (χ3n) is 4.71. The number of aliphatic hydroxyl groups excluding tert-OH is 1. The first-order valence-corrected chi connectivity index (χ1v) is 9.03. The molecule has 1 heterocycles. The van der Waals surface area contributed by atoms with E-state index in [1.165, 1.54) is 19.1 Å². The summed E-state index contributed by atoms with van der Waals surface area (Å²) in [5.41, 5.74) is -1.40. The molecular weight excluding hydrogens is 373 g/mol. The minimum Gasteiger partial charge on any atom is -0.396 e. The van der Waals surface area contributed by atoms with Crippen LogP contribution < -0.4 is 4.90 Å². The molecule has 0 fully saturated rings. The number of carbonyl (C=O) groups excluding carboxylic acids is 2. The van der Waals surface area contributed by atoms with Crippen molar-refractivity contribution in [3.8, 4) is 6.07 Å². The van der Waals surface area contributed by atoms with E-state index in [1.54, 1.807) is 0 Å². The van der Waals surface area contributed by atoms with Gasteiger partial charge in [-0.15, -0.1) is 0 Å². The molecule has 5 nitrogen and oxygen atoms in total. The van der Waals surface area contributed by atoms with Crippen molar-refractivity contribution in [2.24, 2.45) is 0 Å². The van der Waals surface area contributed by atoms with E-state index in [0.717, 1.165) is 30.2 Å². The highest BCUT2D eigenvalue weighted by atomic mass is 19.4. The van der Waals surface area contributed by atoms with E-state index in [4.69, 9.17) is 10.4 Å². The fraction of sp³-hybridized carbons (Fsp3) is 0.450. The maximum absolute atomic E-state index is 13.2. The second-order valence-corrected chi connectivity index (χ2v) is 6.63. The lowest BCUT2D eigenvalue weighted by molar-refractivity contribution is -0.138. The normalized spacial score (nSPS) is 14.8. The summed E-state index contributed by atoms with van der Waals surface area (Å²) in [6, 6.07) is 4.28. The number of anilines is 1. The quantitative estimate of drug-likeness (QED) is 0.532. The number of carbonyl (C=O) groups is 2. The molecule has 0 spiro atoms. The van der Waals surface area contributed by atoms with Crippen LogP contribution in [0.25, 0.3) is 0 Å². The van der Waals surface area contributed by atoms with E-state index < -0.39 is 29.1 Å². The lowest BCUT2D eigenvalue weighted by atomic mass is 10.0. The number of hydrogen-bond donors (Lipinski definition) is 1. The van der Waals surface area contributed by atoms with Crippen molar-refractivity contribution in [1.82, 2.24) is 0 Å². The number of hydrogen-bond acceptors (Lipinski definition) is 4. The molecular formula is C20H21F3N2O3. The second kappa shape index (κ2) is 9.02. The van der Waals surface area contributed by atoms with Crippen LogP contribution in [-0.4, -0.2) is 23.5 Å². The molecule has 0 bridgehead atoms. The zero-order valence-corrected chi connectivity index (χ0v) is 15.5. The molecule has 0 atom stereocenters. The molecule has 0 unspecified atom stereocenters. The zero-order valence-electron chi connectivity index (χ0n) is 15.5. The van der Waals surface area contributed by atoms with Crippen molar-refractivity contribution in [3.63, 3.8) is 0 Å². The van der Waals surface area contributed by atoms with Crippen molar-refractivity contribution < 1.29 is 27.9 Å². The van der Waals surface area contributed by atoms with Gasteiger partial charge in [-0.2, -0.15) is 18.4 Å². The third kappa shape index (κ3) is 4.60. The number of halogens is 3. The van der Waals surface area contributed by atoms with Crippen LogP contribution in [0.1, 0.15) is 56.6 Å². The molecule has 0 saturated heterocycles. The Bertz CT molecular complexity index is 838. The number of rotatable bonds is 8. The van der Waals surface area contributed by atoms with Gasteiger partial charge < -0.3 is 5.11 Å². The van der Waals surface area contributed by atoms with Gasteiger partial charge in [-0.05, 0) is 44.4 Å². The smallest absolute Gasteiger partial charge is 0.396 e. The molecule has 8 heteroatoms. The number of alkyl halides is 3. The van der Waals surface area contributed by atoms with Gasteiger partial charge in [0.1, 0.15) is 0 Å². The molecule has 28 heavy (non-hydrogen) atoms. The lowest BCUT2D eigenvalue weighted by Gasteiger charge is -2.18. The molecule has 0 aromatic heterocycles. The van der Waals surface area contributed by atoms with Gasteiger partial charge in [0, 0.05) is 17.8 Å². The molecule has 2 rings (SSSR count). The summed E-state index contributed by atoms with van der Waals surface area (Å²) in [6.45, 7) is 1.63. The van der Waals surface area contributed by atoms with E-state index in [2.05, 4.69) is 0 Å². The maximum atomic E-state index is 13.2. The van der Waals surface area contributed by atoms with Crippen LogP contribution in [0.5, 0.6) is 0 Å². The summed E-state index contributed by atoms with van der Waals surface area (Å²) in [5, 5.41) is 17.6. The Balaban J connectivity index is 2.18.